The van der Waals surface area contributed by atoms with Gasteiger partial charge in [-0.05, 0) is 29.2 Å². The molecule has 4 aliphatic rings. The number of β-lactam (4-membered cyclic amide) rings is 1. The number of fused-ring (bicyclic) bond motifs is 2. The Kier molecular flexibility index (Phi) is 7.49. The van der Waals surface area contributed by atoms with Gasteiger partial charge in [0.15, 0.2) is 5.13 Å². The van der Waals surface area contributed by atoms with Crippen LogP contribution in [0.2, 0.25) is 0 Å². The first-order chi connectivity index (χ1) is 18.8. The lowest BCUT2D eigenvalue weighted by Gasteiger charge is -2.49. The fourth-order valence-electron chi connectivity index (χ4n) is 3.93. The monoisotopic (exact) mass is 593 g/mol. The molecule has 0 spiro atoms. The van der Waals surface area contributed by atoms with Gasteiger partial charge >= 0.3 is 5.97 Å². The van der Waals surface area contributed by atoms with E-state index in [4.69, 9.17) is 5.73 Å². The summed E-state index contributed by atoms with van der Waals surface area (Å²) in [7, 11) is 1.93. The molecular formula is C21H20FN9O5S3. The van der Waals surface area contributed by atoms with Crippen LogP contribution in [0, 0.1) is 0 Å². The molecule has 18 heteroatoms. The molecule has 2 amide bonds. The number of alkyl halides is 1. The molecule has 1 aromatic heterocycles. The summed E-state index contributed by atoms with van der Waals surface area (Å²) in [5.41, 5.74) is 8.59. The third-order valence-electron chi connectivity index (χ3n) is 5.69. The molecule has 2 atom stereocenters. The molecule has 5 rings (SSSR count). The van der Waals surface area contributed by atoms with Crippen LogP contribution >= 0.6 is 35.1 Å². The maximum Gasteiger partial charge on any atom is 0.352 e. The number of thioether (sulfide) groups is 2. The number of hydrogen-bond donors (Lipinski definition) is 4. The van der Waals surface area contributed by atoms with Crippen molar-refractivity contribution in [3.05, 3.63) is 64.0 Å². The van der Waals surface area contributed by atoms with Gasteiger partial charge in [0.1, 0.15) is 22.9 Å². The van der Waals surface area contributed by atoms with E-state index in [0.29, 0.717) is 5.57 Å². The number of oxime groups is 1. The number of aromatic nitrogens is 2. The number of rotatable bonds is 9. The smallest absolute Gasteiger partial charge is 0.352 e. The number of hydrazine groups is 1. The molecule has 1 saturated heterocycles. The molecule has 4 aliphatic heterocycles. The fourth-order valence-corrected chi connectivity index (χ4v) is 6.36. The van der Waals surface area contributed by atoms with Crippen LogP contribution in [-0.2, 0) is 19.2 Å². The van der Waals surface area contributed by atoms with Crippen LogP contribution in [0.3, 0.4) is 0 Å². The minimum Gasteiger partial charge on any atom is -0.477 e. The van der Waals surface area contributed by atoms with Crippen molar-refractivity contribution in [3.63, 3.8) is 0 Å². The zero-order valence-corrected chi connectivity index (χ0v) is 22.4. The van der Waals surface area contributed by atoms with Gasteiger partial charge in [-0.1, -0.05) is 16.9 Å². The Hall–Kier alpha value is -4.03. The minimum absolute atomic E-state index is 0.0479. The third kappa shape index (κ3) is 5.17. The lowest BCUT2D eigenvalue weighted by Crippen LogP contribution is -2.71. The number of carboxylic acids is 1. The van der Waals surface area contributed by atoms with Crippen LogP contribution in [0.15, 0.2) is 63.3 Å². The summed E-state index contributed by atoms with van der Waals surface area (Å²) >= 11 is 3.44. The van der Waals surface area contributed by atoms with Crippen molar-refractivity contribution < 1.29 is 28.7 Å². The number of anilines is 1. The number of allylic oxidation sites excluding steroid dienone is 3. The van der Waals surface area contributed by atoms with Crippen LogP contribution in [0.1, 0.15) is 5.82 Å². The number of amides is 2. The zero-order valence-electron chi connectivity index (χ0n) is 20.0. The Morgan fingerprint density at radius 2 is 2.26 bits per heavy atom. The standard InChI is InChI=1S/C21H20FN9O5S3/c1-29-5-6-30-12(29)3-2-11(26-30)37-7-4-10-8-38-19-14(18(33)31(19)15(10)20(34)35)24-17(32)13(27-36-9-22)16-25-21(23)39-28-16/h2-7,14,19,26H,8-9H2,1H3,(H,24,32)(H,34,35)(H2,23,25,28)/b7-4+,27-13-/t14-,19+/m1/s1. The number of carboxylic acid groups (broad SMARTS) is 1. The lowest BCUT2D eigenvalue weighted by atomic mass is 10.0. The Balaban J connectivity index is 1.27. The van der Waals surface area contributed by atoms with E-state index in [1.807, 2.05) is 41.5 Å². The first-order valence-corrected chi connectivity index (χ1v) is 13.8. The van der Waals surface area contributed by atoms with Crippen LogP contribution in [-0.4, -0.2) is 83.8 Å². The van der Waals surface area contributed by atoms with Gasteiger partial charge in [0.05, 0.1) is 5.03 Å². The highest BCUT2D eigenvalue weighted by Crippen LogP contribution is 2.41. The second-order valence-corrected chi connectivity index (χ2v) is 10.9. The number of nitrogens with one attached hydrogen (secondary N) is 2. The predicted molar refractivity (Wildman–Crippen MR) is 142 cm³/mol. The van der Waals surface area contributed by atoms with Gasteiger partial charge in [0, 0.05) is 36.7 Å². The normalized spacial score (nSPS) is 22.3. The van der Waals surface area contributed by atoms with Gasteiger partial charge in [0.25, 0.3) is 18.7 Å². The molecule has 0 unspecified atom stereocenters. The van der Waals surface area contributed by atoms with E-state index in [0.717, 1.165) is 27.3 Å². The van der Waals surface area contributed by atoms with Gasteiger partial charge in [-0.2, -0.15) is 9.36 Å². The molecule has 204 valence electrons. The van der Waals surface area contributed by atoms with Crippen LogP contribution in [0.5, 0.6) is 0 Å². The van der Waals surface area contributed by atoms with E-state index in [-0.39, 0.29) is 22.4 Å². The second-order valence-electron chi connectivity index (χ2n) is 8.04. The number of aliphatic carboxylic acids is 1. The van der Waals surface area contributed by atoms with Gasteiger partial charge < -0.3 is 25.9 Å². The van der Waals surface area contributed by atoms with Crippen LogP contribution in [0.25, 0.3) is 0 Å². The number of carbonyl (C=O) groups excluding carboxylic acids is 2. The summed E-state index contributed by atoms with van der Waals surface area (Å²) in [4.78, 5) is 49.2. The number of nitrogen functional groups attached to an aromatic ring is 1. The van der Waals surface area contributed by atoms with Crippen molar-refractivity contribution in [2.75, 3.05) is 25.4 Å². The van der Waals surface area contributed by atoms with E-state index in [1.165, 1.54) is 23.5 Å². The van der Waals surface area contributed by atoms with Crippen molar-refractivity contribution in [1.82, 2.24) is 34.9 Å². The molecule has 14 nitrogen and oxygen atoms in total. The molecule has 1 aromatic rings. The number of nitrogens with two attached hydrogens (primary N) is 1. The highest BCUT2D eigenvalue weighted by molar-refractivity contribution is 8.05. The molecule has 0 saturated carbocycles. The maximum atomic E-state index is 13.0. The predicted octanol–water partition coefficient (Wildman–Crippen LogP) is 0.673. The van der Waals surface area contributed by atoms with E-state index in [2.05, 4.69) is 30.1 Å². The molecule has 39 heavy (non-hydrogen) atoms. The Bertz CT molecular complexity index is 1400. The van der Waals surface area contributed by atoms with E-state index < -0.39 is 41.8 Å². The summed E-state index contributed by atoms with van der Waals surface area (Å²) in [6.45, 7) is -1.30. The maximum absolute atomic E-state index is 13.0. The summed E-state index contributed by atoms with van der Waals surface area (Å²) in [6.07, 6.45) is 9.29. The van der Waals surface area contributed by atoms with Gasteiger partial charge in [-0.25, -0.2) is 14.2 Å². The summed E-state index contributed by atoms with van der Waals surface area (Å²) < 4.78 is 16.4. The van der Waals surface area contributed by atoms with Crippen LogP contribution < -0.4 is 16.5 Å². The van der Waals surface area contributed by atoms with Crippen molar-refractivity contribution in [2.45, 2.75) is 11.4 Å². The van der Waals surface area contributed by atoms with Gasteiger partial charge in [-0.3, -0.25) is 19.9 Å². The molecular weight excluding hydrogens is 573 g/mol. The first kappa shape index (κ1) is 26.6. The number of carbonyl (C=O) groups is 3. The molecule has 5 N–H and O–H groups in total. The van der Waals surface area contributed by atoms with E-state index in [1.54, 1.807) is 11.5 Å². The Morgan fingerprint density at radius 3 is 2.97 bits per heavy atom. The lowest BCUT2D eigenvalue weighted by molar-refractivity contribution is -0.150. The largest absolute Gasteiger partial charge is 0.477 e. The Morgan fingerprint density at radius 1 is 1.44 bits per heavy atom. The molecule has 0 aromatic carbocycles. The molecule has 0 aliphatic carbocycles. The van der Waals surface area contributed by atoms with Crippen molar-refractivity contribution in [2.24, 2.45) is 5.16 Å². The molecule has 5 heterocycles. The topological polar surface area (TPSA) is 179 Å². The molecule has 1 fully saturated rings. The second kappa shape index (κ2) is 11.0. The minimum atomic E-state index is -1.30. The zero-order chi connectivity index (χ0) is 27.7. The molecule has 0 radical (unpaired) electrons. The van der Waals surface area contributed by atoms with Crippen LogP contribution in [0.4, 0.5) is 9.52 Å². The van der Waals surface area contributed by atoms with Crippen molar-refractivity contribution in [1.29, 1.82) is 0 Å². The first-order valence-electron chi connectivity index (χ1n) is 11.1. The summed E-state index contributed by atoms with van der Waals surface area (Å²) in [6, 6.07) is -1.05. The Labute approximate surface area is 232 Å². The van der Waals surface area contributed by atoms with Gasteiger partial charge in [0.2, 0.25) is 11.5 Å². The van der Waals surface area contributed by atoms with Crippen molar-refractivity contribution in [3.8, 4) is 0 Å². The highest BCUT2D eigenvalue weighted by Gasteiger charge is 2.54. The van der Waals surface area contributed by atoms with E-state index in [9.17, 15) is 23.9 Å². The van der Waals surface area contributed by atoms with Gasteiger partial charge in [-0.15, -0.1) is 11.8 Å². The molecule has 0 bridgehead atoms. The quantitative estimate of drug-likeness (QED) is 0.179. The number of nitrogens with zero attached hydrogens (tertiary/aromatic N) is 6. The van der Waals surface area contributed by atoms with Crippen molar-refractivity contribution >= 4 is 63.7 Å². The number of hydrogen-bond acceptors (Lipinski definition) is 14. The fraction of sp³-hybridized carbons (Fsp3) is 0.238. The average Bonchev–Trinajstić information content (AvgIpc) is 3.51. The summed E-state index contributed by atoms with van der Waals surface area (Å²) in [5.74, 6) is -1.73. The third-order valence-corrected chi connectivity index (χ3v) is 8.28. The summed E-state index contributed by atoms with van der Waals surface area (Å²) in [5, 5.41) is 19.6. The number of halogens is 1. The highest BCUT2D eigenvalue weighted by atomic mass is 32.2. The SMILES string of the molecule is CN1C=CN2NC(S/C=C/C3=C(C(=O)O)N4C(=O)[C@@H](NC(=O)/C(=N\OCF)c5nsc(N)n5)[C@@H]4SC3)=CC=C12. The van der Waals surface area contributed by atoms with E-state index >= 15 is 0 Å². The average molecular weight is 594 g/mol.